The fraction of sp³-hybridized carbons (Fsp3) is 0. The predicted octanol–water partition coefficient (Wildman–Crippen LogP) is 2.28. The Morgan fingerprint density at radius 2 is 1.31 bits per heavy atom. The van der Waals surface area contributed by atoms with Crippen LogP contribution in [-0.2, 0) is 0 Å². The van der Waals surface area contributed by atoms with Crippen molar-refractivity contribution in [3.8, 4) is 11.1 Å². The Labute approximate surface area is 80.3 Å². The van der Waals surface area contributed by atoms with Gasteiger partial charge in [-0.05, 0) is 11.1 Å². The van der Waals surface area contributed by atoms with Gasteiger partial charge < -0.3 is 0 Å². The molecule has 13 heavy (non-hydrogen) atoms. The molecule has 0 saturated carbocycles. The van der Waals surface area contributed by atoms with Gasteiger partial charge in [0.25, 0.3) is 0 Å². The molecule has 0 spiro atoms. The van der Waals surface area contributed by atoms with Crippen LogP contribution >= 0.6 is 9.39 Å². The van der Waals surface area contributed by atoms with Crippen molar-refractivity contribution < 1.29 is 4.34 Å². The smallest absolute Gasteiger partial charge is 0.170 e. The molecule has 64 valence electrons. The molecule has 0 bridgehead atoms. The van der Waals surface area contributed by atoms with Crippen LogP contribution in [0, 0.1) is 0 Å². The minimum atomic E-state index is 1.25. The average Bonchev–Trinajstić information content (AvgIpc) is 2.20. The molecule has 1 aromatic heterocycles. The lowest BCUT2D eigenvalue weighted by Crippen LogP contribution is -2.15. The van der Waals surface area contributed by atoms with Gasteiger partial charge in [-0.15, -0.1) is 0 Å². The van der Waals surface area contributed by atoms with Crippen molar-refractivity contribution in [2.75, 3.05) is 0 Å². The standard InChI is InChI=1S/C11H11NP/c13-12-8-6-11(7-9-12)10-4-2-1-3-5-10/h1-9H,13H2/q+1. The molecule has 0 fully saturated rings. The number of hydrogen-bond acceptors (Lipinski definition) is 0. The first-order valence-corrected chi connectivity index (χ1v) is 4.70. The van der Waals surface area contributed by atoms with E-state index in [1.54, 1.807) is 0 Å². The quantitative estimate of drug-likeness (QED) is 0.604. The summed E-state index contributed by atoms with van der Waals surface area (Å²) in [6.45, 7) is 0. The molecule has 2 heteroatoms. The third kappa shape index (κ3) is 1.93. The summed E-state index contributed by atoms with van der Waals surface area (Å²) in [7, 11) is 2.61. The number of nitrogens with zero attached hydrogens (tertiary/aromatic N) is 1. The highest BCUT2D eigenvalue weighted by atomic mass is 31.0. The van der Waals surface area contributed by atoms with Crippen molar-refractivity contribution in [1.29, 1.82) is 0 Å². The molecule has 1 atom stereocenters. The first kappa shape index (κ1) is 8.40. The monoisotopic (exact) mass is 188 g/mol. The first-order valence-electron chi connectivity index (χ1n) is 4.18. The van der Waals surface area contributed by atoms with Crippen molar-refractivity contribution in [3.63, 3.8) is 0 Å². The summed E-state index contributed by atoms with van der Waals surface area (Å²) < 4.78 is 1.95. The molecule has 0 saturated heterocycles. The predicted molar refractivity (Wildman–Crippen MR) is 57.2 cm³/mol. The van der Waals surface area contributed by atoms with Crippen LogP contribution in [0.1, 0.15) is 0 Å². The molecule has 0 radical (unpaired) electrons. The topological polar surface area (TPSA) is 3.88 Å². The van der Waals surface area contributed by atoms with E-state index in [-0.39, 0.29) is 0 Å². The zero-order chi connectivity index (χ0) is 9.10. The summed E-state index contributed by atoms with van der Waals surface area (Å²) in [6.07, 6.45) is 4.04. The summed E-state index contributed by atoms with van der Waals surface area (Å²) in [6, 6.07) is 14.6. The van der Waals surface area contributed by atoms with E-state index in [1.807, 2.05) is 22.8 Å². The Morgan fingerprint density at radius 1 is 0.769 bits per heavy atom. The Hall–Kier alpha value is -1.20. The van der Waals surface area contributed by atoms with Crippen molar-refractivity contribution in [3.05, 3.63) is 54.9 Å². The highest BCUT2D eigenvalue weighted by molar-refractivity contribution is 7.07. The third-order valence-corrected chi connectivity index (χ3v) is 2.30. The van der Waals surface area contributed by atoms with E-state index < -0.39 is 0 Å². The summed E-state index contributed by atoms with van der Waals surface area (Å²) in [4.78, 5) is 0. The van der Waals surface area contributed by atoms with Gasteiger partial charge >= 0.3 is 0 Å². The third-order valence-electron chi connectivity index (χ3n) is 1.96. The first-order chi connectivity index (χ1) is 6.36. The highest BCUT2D eigenvalue weighted by Crippen LogP contribution is 2.16. The van der Waals surface area contributed by atoms with Crippen LogP contribution in [0.3, 0.4) is 0 Å². The van der Waals surface area contributed by atoms with E-state index in [9.17, 15) is 0 Å². The van der Waals surface area contributed by atoms with Gasteiger partial charge in [0.05, 0.1) is 0 Å². The zero-order valence-corrected chi connectivity index (χ0v) is 8.38. The van der Waals surface area contributed by atoms with Gasteiger partial charge in [0, 0.05) is 12.1 Å². The van der Waals surface area contributed by atoms with Crippen LogP contribution in [0.5, 0.6) is 0 Å². The fourth-order valence-electron chi connectivity index (χ4n) is 1.26. The SMILES string of the molecule is P[n+]1ccc(-c2ccccc2)cc1. The molecule has 2 rings (SSSR count). The van der Waals surface area contributed by atoms with Crippen LogP contribution in [0.15, 0.2) is 54.9 Å². The number of aromatic nitrogens is 1. The van der Waals surface area contributed by atoms with Gasteiger partial charge in [-0.1, -0.05) is 30.3 Å². The zero-order valence-electron chi connectivity index (χ0n) is 7.22. The van der Waals surface area contributed by atoms with E-state index >= 15 is 0 Å². The summed E-state index contributed by atoms with van der Waals surface area (Å²) >= 11 is 0. The molecule has 0 aliphatic heterocycles. The lowest BCUT2D eigenvalue weighted by molar-refractivity contribution is -0.499. The molecule has 1 nitrogen and oxygen atoms in total. The van der Waals surface area contributed by atoms with Crippen molar-refractivity contribution in [2.45, 2.75) is 0 Å². The summed E-state index contributed by atoms with van der Waals surface area (Å²) in [5.74, 6) is 0. The summed E-state index contributed by atoms with van der Waals surface area (Å²) in [5.41, 5.74) is 2.51. The van der Waals surface area contributed by atoms with Crippen LogP contribution in [-0.4, -0.2) is 0 Å². The Kier molecular flexibility index (Phi) is 2.37. The molecule has 0 amide bonds. The number of benzene rings is 1. The maximum atomic E-state index is 2.61. The molecule has 0 aliphatic carbocycles. The van der Waals surface area contributed by atoms with Crippen LogP contribution in [0.25, 0.3) is 11.1 Å². The second kappa shape index (κ2) is 3.68. The molecule has 0 aliphatic rings. The Bertz CT molecular complexity index is 381. The fourth-order valence-corrected chi connectivity index (χ4v) is 1.43. The molecule has 1 heterocycles. The Morgan fingerprint density at radius 3 is 1.92 bits per heavy atom. The maximum Gasteiger partial charge on any atom is 0.170 e. The molecule has 0 N–H and O–H groups in total. The van der Waals surface area contributed by atoms with E-state index in [4.69, 9.17) is 0 Å². The number of pyridine rings is 1. The van der Waals surface area contributed by atoms with Gasteiger partial charge in [0.15, 0.2) is 21.8 Å². The largest absolute Gasteiger partial charge is 0.195 e. The van der Waals surface area contributed by atoms with Crippen LogP contribution in [0.4, 0.5) is 0 Å². The van der Waals surface area contributed by atoms with E-state index in [1.165, 1.54) is 11.1 Å². The van der Waals surface area contributed by atoms with Gasteiger partial charge in [0.1, 0.15) is 0 Å². The van der Waals surface area contributed by atoms with E-state index in [0.717, 1.165) is 0 Å². The van der Waals surface area contributed by atoms with Gasteiger partial charge in [-0.3, -0.25) is 0 Å². The van der Waals surface area contributed by atoms with Crippen LogP contribution in [0.2, 0.25) is 0 Å². The van der Waals surface area contributed by atoms with Crippen molar-refractivity contribution in [1.82, 2.24) is 0 Å². The lowest BCUT2D eigenvalue weighted by atomic mass is 10.1. The normalized spacial score (nSPS) is 9.92. The molecule has 1 unspecified atom stereocenters. The second-order valence-electron chi connectivity index (χ2n) is 2.90. The van der Waals surface area contributed by atoms with Crippen molar-refractivity contribution in [2.24, 2.45) is 0 Å². The van der Waals surface area contributed by atoms with Gasteiger partial charge in [0.2, 0.25) is 0 Å². The second-order valence-corrected chi connectivity index (χ2v) is 3.50. The number of rotatable bonds is 1. The molecular weight excluding hydrogens is 177 g/mol. The van der Waals surface area contributed by atoms with Gasteiger partial charge in [-0.25, -0.2) is 0 Å². The Balaban J connectivity index is 2.42. The minimum Gasteiger partial charge on any atom is -0.195 e. The minimum absolute atomic E-state index is 1.25. The highest BCUT2D eigenvalue weighted by Gasteiger charge is 1.97. The van der Waals surface area contributed by atoms with Crippen LogP contribution < -0.4 is 4.34 Å². The summed E-state index contributed by atoms with van der Waals surface area (Å²) in [5, 5.41) is 0. The maximum absolute atomic E-state index is 2.61. The molecule has 1 aromatic carbocycles. The van der Waals surface area contributed by atoms with Crippen molar-refractivity contribution >= 4 is 9.39 Å². The molecular formula is C11H11NP+. The average molecular weight is 188 g/mol. The van der Waals surface area contributed by atoms with Gasteiger partial charge in [-0.2, -0.15) is 4.34 Å². The van der Waals surface area contributed by atoms with E-state index in [0.29, 0.717) is 0 Å². The molecule has 2 aromatic rings. The number of hydrogen-bond donors (Lipinski definition) is 0. The van der Waals surface area contributed by atoms with E-state index in [2.05, 4.69) is 45.8 Å². The lowest BCUT2D eigenvalue weighted by Gasteiger charge is -1.97.